The highest BCUT2D eigenvalue weighted by Crippen LogP contribution is 1.91. The van der Waals surface area contributed by atoms with Crippen LogP contribution in [0.3, 0.4) is 0 Å². The summed E-state index contributed by atoms with van der Waals surface area (Å²) in [6, 6.07) is 0. The number of aliphatic carboxylic acids is 1. The van der Waals surface area contributed by atoms with Crippen LogP contribution >= 0.6 is 0 Å². The molecule has 1 N–H and O–H groups in total. The van der Waals surface area contributed by atoms with Crippen molar-refractivity contribution in [2.75, 3.05) is 0 Å². The first kappa shape index (κ1) is 4.62. The molecular weight excluding hydrogens is 92.1 g/mol. The molecule has 0 spiro atoms. The van der Waals surface area contributed by atoms with E-state index in [1.165, 1.54) is 0 Å². The summed E-state index contributed by atoms with van der Waals surface area (Å²) < 4.78 is 6.14. The van der Waals surface area contributed by atoms with E-state index in [-0.39, 0.29) is 0 Å². The van der Waals surface area contributed by atoms with Crippen molar-refractivity contribution in [2.24, 2.45) is 0 Å². The SMILES string of the molecule is [2H]OC(=O)CCCC. The minimum atomic E-state index is -0.438. The van der Waals surface area contributed by atoms with Gasteiger partial charge >= 0.3 is 5.97 Å². The van der Waals surface area contributed by atoms with Crippen molar-refractivity contribution in [1.29, 1.82) is 1.43 Å². The van der Waals surface area contributed by atoms with Gasteiger partial charge in [-0.25, -0.2) is 0 Å². The zero-order valence-corrected chi connectivity index (χ0v) is 4.44. The van der Waals surface area contributed by atoms with Crippen molar-refractivity contribution < 1.29 is 9.90 Å². The normalized spacial score (nSPS) is 10.1. The Morgan fingerprint density at radius 1 is 2.00 bits per heavy atom. The molecule has 0 atom stereocenters. The molecule has 0 unspecified atom stereocenters. The Hall–Kier alpha value is -0.530. The van der Waals surface area contributed by atoms with Crippen LogP contribution in [-0.4, -0.2) is 11.1 Å². The molecule has 0 bridgehead atoms. The van der Waals surface area contributed by atoms with Crippen LogP contribution in [0.1, 0.15) is 26.2 Å². The Morgan fingerprint density at radius 3 is 3.14 bits per heavy atom. The van der Waals surface area contributed by atoms with Gasteiger partial charge in [-0.15, -0.1) is 0 Å². The Morgan fingerprint density at radius 2 is 2.71 bits per heavy atom. The van der Waals surface area contributed by atoms with Crippen LogP contribution in [0.5, 0.6) is 0 Å². The van der Waals surface area contributed by atoms with E-state index < -0.39 is 5.97 Å². The van der Waals surface area contributed by atoms with E-state index in [0.717, 1.165) is 12.8 Å². The lowest BCUT2D eigenvalue weighted by molar-refractivity contribution is -0.137. The monoisotopic (exact) mass is 103 g/mol. The van der Waals surface area contributed by atoms with Crippen LogP contribution in [0.15, 0.2) is 0 Å². The van der Waals surface area contributed by atoms with Gasteiger partial charge in [0.25, 0.3) is 1.43 Å². The maximum Gasteiger partial charge on any atom is 0.303 e. The molecule has 0 aliphatic rings. The largest absolute Gasteiger partial charge is 0.481 e. The van der Waals surface area contributed by atoms with Gasteiger partial charge in [0.2, 0.25) is 0 Å². The summed E-state index contributed by atoms with van der Waals surface area (Å²) in [6.45, 7) is 1.98. The van der Waals surface area contributed by atoms with Crippen LogP contribution in [0.25, 0.3) is 1.43 Å². The third kappa shape index (κ3) is 5.47. The number of carboxylic acid groups (broad SMARTS) is 1. The van der Waals surface area contributed by atoms with E-state index in [1.54, 1.807) is 0 Å². The predicted molar refractivity (Wildman–Crippen MR) is 27.2 cm³/mol. The van der Waals surface area contributed by atoms with E-state index in [1.807, 2.05) is 6.92 Å². The Labute approximate surface area is 44.6 Å². The second-order valence-electron chi connectivity index (χ2n) is 1.48. The fourth-order valence-electron chi connectivity index (χ4n) is 0.321. The average Bonchev–Trinajstić information content (AvgIpc) is 1.83. The molecule has 0 aromatic carbocycles. The lowest BCUT2D eigenvalue weighted by Gasteiger charge is -1.85. The minimum Gasteiger partial charge on any atom is -0.481 e. The van der Waals surface area contributed by atoms with E-state index in [0.29, 0.717) is 6.42 Å². The molecule has 0 radical (unpaired) electrons. The fourth-order valence-corrected chi connectivity index (χ4v) is 0.321. The molecule has 0 saturated carbocycles. The first-order valence-corrected chi connectivity index (χ1v) is 2.47. The Balaban J connectivity index is 2.99. The summed E-state index contributed by atoms with van der Waals surface area (Å²) in [4.78, 5) is 10.2. The van der Waals surface area contributed by atoms with Crippen LogP contribution in [0.4, 0.5) is 0 Å². The molecule has 0 aromatic rings. The van der Waals surface area contributed by atoms with E-state index in [9.17, 15) is 4.79 Å². The van der Waals surface area contributed by atoms with Crippen LogP contribution < -0.4 is 0 Å². The molecule has 2 heteroatoms. The van der Waals surface area contributed by atoms with Crippen LogP contribution in [-0.2, 0) is 4.79 Å². The molecule has 0 saturated heterocycles. The summed E-state index contributed by atoms with van der Waals surface area (Å²) in [5.41, 5.74) is 0. The van der Waals surface area contributed by atoms with Crippen LogP contribution in [0, 0.1) is 0 Å². The van der Waals surface area contributed by atoms with E-state index in [2.05, 4.69) is 5.11 Å². The van der Waals surface area contributed by atoms with Gasteiger partial charge in [0.05, 0.1) is 0 Å². The minimum absolute atomic E-state index is 0.375. The Kier molecular flexibility index (Phi) is 2.41. The topological polar surface area (TPSA) is 37.3 Å². The highest BCUT2D eigenvalue weighted by atomic mass is 16.4. The first-order chi connectivity index (χ1) is 3.81. The maximum absolute atomic E-state index is 10.2. The van der Waals surface area contributed by atoms with Gasteiger partial charge in [-0.05, 0) is 6.42 Å². The molecule has 0 heterocycles. The van der Waals surface area contributed by atoms with Crippen molar-refractivity contribution in [2.45, 2.75) is 26.2 Å². The van der Waals surface area contributed by atoms with Gasteiger partial charge in [0, 0.05) is 6.42 Å². The smallest absolute Gasteiger partial charge is 0.303 e. The standard InChI is InChI=1S/C5H10O2/c1-2-3-4-5(6)7/h2-4H2,1H3,(H,6,7)/i/hD. The summed E-state index contributed by atoms with van der Waals surface area (Å²) >= 11 is 0. The number of unbranched alkanes of at least 4 members (excludes halogenated alkanes) is 1. The first-order valence-electron chi connectivity index (χ1n) is 2.88. The van der Waals surface area contributed by atoms with E-state index in [4.69, 9.17) is 1.43 Å². The summed E-state index contributed by atoms with van der Waals surface area (Å²) in [7, 11) is 0. The lowest BCUT2D eigenvalue weighted by Crippen LogP contribution is -1.91. The Bertz CT molecular complexity index is 72.8. The van der Waals surface area contributed by atoms with Gasteiger partial charge in [0.1, 0.15) is 0 Å². The lowest BCUT2D eigenvalue weighted by atomic mass is 10.3. The second kappa shape index (κ2) is 3.65. The van der Waals surface area contributed by atoms with E-state index >= 15 is 0 Å². The molecule has 7 heavy (non-hydrogen) atoms. The van der Waals surface area contributed by atoms with Crippen molar-refractivity contribution in [3.8, 4) is 0 Å². The fraction of sp³-hybridized carbons (Fsp3) is 0.800. The summed E-state index contributed by atoms with van der Waals surface area (Å²) in [6.07, 6.45) is 2.16. The van der Waals surface area contributed by atoms with Crippen molar-refractivity contribution in [3.63, 3.8) is 0 Å². The highest BCUT2D eigenvalue weighted by molar-refractivity contribution is 5.66. The van der Waals surface area contributed by atoms with Gasteiger partial charge in [-0.2, -0.15) is 0 Å². The maximum atomic E-state index is 10.2. The van der Waals surface area contributed by atoms with Crippen molar-refractivity contribution >= 4 is 5.97 Å². The van der Waals surface area contributed by atoms with Gasteiger partial charge in [-0.1, -0.05) is 13.3 Å². The molecular formula is C5H10O2. The van der Waals surface area contributed by atoms with Crippen LogP contribution in [0.2, 0.25) is 0 Å². The number of hydrogen-bond acceptors (Lipinski definition) is 2. The summed E-state index contributed by atoms with van der Waals surface area (Å²) in [5.74, 6) is -0.438. The molecule has 0 aliphatic carbocycles. The third-order valence-corrected chi connectivity index (χ3v) is 0.734. The zero-order valence-electron chi connectivity index (χ0n) is 5.44. The molecule has 0 aromatic heterocycles. The number of carbonyl (C=O) groups is 1. The molecule has 0 rings (SSSR count). The molecule has 0 amide bonds. The van der Waals surface area contributed by atoms with Crippen molar-refractivity contribution in [1.82, 2.24) is 0 Å². The summed E-state index contributed by atoms with van der Waals surface area (Å²) in [5, 5.41) is 3.66. The molecule has 0 aliphatic heterocycles. The molecule has 0 fully saturated rings. The average molecular weight is 103 g/mol. The third-order valence-electron chi connectivity index (χ3n) is 0.734. The predicted octanol–water partition coefficient (Wildman–Crippen LogP) is 1.26. The number of rotatable bonds is 3. The number of hydrogen-bond donors (Lipinski definition) is 1. The van der Waals surface area contributed by atoms with Gasteiger partial charge in [0.15, 0.2) is 0 Å². The van der Waals surface area contributed by atoms with Gasteiger partial charge in [-0.3, -0.25) is 4.79 Å². The number of carboxylic acids is 1. The van der Waals surface area contributed by atoms with Gasteiger partial charge < -0.3 is 5.11 Å². The second-order valence-corrected chi connectivity index (χ2v) is 1.48. The molecule has 2 nitrogen and oxygen atoms in total. The highest BCUT2D eigenvalue weighted by Gasteiger charge is 1.90. The quantitative estimate of drug-likeness (QED) is 0.583. The zero-order chi connectivity index (χ0) is 6.41. The molecule has 42 valence electrons. The van der Waals surface area contributed by atoms with Crippen molar-refractivity contribution in [3.05, 3.63) is 0 Å².